The van der Waals surface area contributed by atoms with E-state index in [2.05, 4.69) is 20.7 Å². The average molecular weight is 427 g/mol. The number of nitrogens with zero attached hydrogens (tertiary/aromatic N) is 4. The topological polar surface area (TPSA) is 142 Å². The Kier molecular flexibility index (Phi) is 5.85. The van der Waals surface area contributed by atoms with Crippen LogP contribution in [-0.2, 0) is 0 Å². The minimum absolute atomic E-state index is 0.0532. The molecule has 11 heteroatoms. The van der Waals surface area contributed by atoms with Crippen molar-refractivity contribution in [1.29, 1.82) is 5.26 Å². The molecule has 30 heavy (non-hydrogen) atoms. The van der Waals surface area contributed by atoms with Crippen LogP contribution in [0, 0.1) is 18.3 Å². The second-order valence-electron chi connectivity index (χ2n) is 6.00. The lowest BCUT2D eigenvalue weighted by Crippen LogP contribution is -2.20. The number of hydrogen-bond acceptors (Lipinski definition) is 6. The van der Waals surface area contributed by atoms with Crippen molar-refractivity contribution in [3.63, 3.8) is 0 Å². The molecule has 0 unspecified atom stereocenters. The lowest BCUT2D eigenvalue weighted by molar-refractivity contribution is 0.101. The third-order valence-electron chi connectivity index (χ3n) is 4.01. The molecule has 0 spiro atoms. The van der Waals surface area contributed by atoms with E-state index >= 15 is 0 Å². The summed E-state index contributed by atoms with van der Waals surface area (Å²) in [4.78, 5) is 28.4. The fourth-order valence-corrected chi connectivity index (χ4v) is 2.93. The van der Waals surface area contributed by atoms with Gasteiger partial charge in [0.2, 0.25) is 5.88 Å². The Labute approximate surface area is 175 Å². The first-order valence-electron chi connectivity index (χ1n) is 8.45. The summed E-state index contributed by atoms with van der Waals surface area (Å²) < 4.78 is 6.34. The number of carboxylic acid groups (broad SMARTS) is 1. The van der Waals surface area contributed by atoms with Crippen LogP contribution < -0.4 is 15.4 Å². The van der Waals surface area contributed by atoms with Crippen molar-refractivity contribution in [3.8, 4) is 17.8 Å². The van der Waals surface area contributed by atoms with Crippen molar-refractivity contribution in [1.82, 2.24) is 14.8 Å². The minimum Gasteiger partial charge on any atom is -0.480 e. The number of benzene rings is 1. The van der Waals surface area contributed by atoms with Crippen molar-refractivity contribution in [2.45, 2.75) is 6.92 Å². The van der Waals surface area contributed by atoms with E-state index in [9.17, 15) is 9.59 Å². The molecule has 3 aromatic rings. The molecule has 2 amide bonds. The number of carbonyl (C=O) groups is 2. The van der Waals surface area contributed by atoms with E-state index in [-0.39, 0.29) is 39.4 Å². The monoisotopic (exact) mass is 426 g/mol. The normalized spacial score (nSPS) is 10.2. The fraction of sp³-hybridized carbons (Fsp3) is 0.105. The number of ether oxygens (including phenoxy) is 1. The molecule has 0 atom stereocenters. The number of methoxy groups -OCH3 is 1. The second-order valence-corrected chi connectivity index (χ2v) is 6.41. The number of rotatable bonds is 5. The minimum atomic E-state index is -1.34. The van der Waals surface area contributed by atoms with Gasteiger partial charge in [0.1, 0.15) is 5.69 Å². The number of aryl methyl sites for hydroxylation is 1. The molecular weight excluding hydrogens is 412 g/mol. The molecule has 0 aliphatic heterocycles. The van der Waals surface area contributed by atoms with Crippen LogP contribution in [0.2, 0.25) is 5.02 Å². The first-order valence-corrected chi connectivity index (χ1v) is 8.82. The molecule has 0 aliphatic rings. The lowest BCUT2D eigenvalue weighted by Gasteiger charge is -2.15. The van der Waals surface area contributed by atoms with E-state index in [0.717, 1.165) is 0 Å². The summed E-state index contributed by atoms with van der Waals surface area (Å²) in [6, 6.07) is 9.41. The smallest absolute Gasteiger partial charge is 0.409 e. The molecule has 0 radical (unpaired) electrons. The Morgan fingerprint density at radius 2 is 2.07 bits per heavy atom. The van der Waals surface area contributed by atoms with Gasteiger partial charge >= 0.3 is 6.09 Å². The molecule has 3 N–H and O–H groups in total. The van der Waals surface area contributed by atoms with Crippen LogP contribution in [-0.4, -0.2) is 39.0 Å². The molecule has 3 rings (SSSR count). The van der Waals surface area contributed by atoms with Crippen LogP contribution in [0.4, 0.5) is 16.2 Å². The molecular formula is C19H15ClN6O4. The fourth-order valence-electron chi connectivity index (χ4n) is 2.72. The first-order chi connectivity index (χ1) is 14.3. The van der Waals surface area contributed by atoms with E-state index in [0.29, 0.717) is 5.56 Å². The lowest BCUT2D eigenvalue weighted by atomic mass is 10.1. The largest absolute Gasteiger partial charge is 0.480 e. The quantitative estimate of drug-likeness (QED) is 0.567. The van der Waals surface area contributed by atoms with Crippen LogP contribution in [0.15, 0.2) is 36.5 Å². The summed E-state index contributed by atoms with van der Waals surface area (Å²) in [6.45, 7) is 1.64. The molecule has 1 aromatic carbocycles. The van der Waals surface area contributed by atoms with E-state index < -0.39 is 12.0 Å². The number of anilines is 2. The summed E-state index contributed by atoms with van der Waals surface area (Å²) in [5.74, 6) is -0.246. The molecule has 0 aliphatic carbocycles. The Bertz CT molecular complexity index is 1180. The highest BCUT2D eigenvalue weighted by Gasteiger charge is 2.22. The standard InChI is InChI=1S/C19H15ClN6O4/c1-10-6-11(9-21)7-13(23-19(28)29)16(10)24-18(27)14-8-15(30-2)25-26(14)17-12(20)4-3-5-22-17/h3-8,23H,1-2H3,(H,24,27)(H,28,29). The summed E-state index contributed by atoms with van der Waals surface area (Å²) in [6.07, 6.45) is 0.156. The number of nitrogens with one attached hydrogen (secondary N) is 2. The Morgan fingerprint density at radius 1 is 1.30 bits per heavy atom. The number of nitriles is 1. The summed E-state index contributed by atoms with van der Waals surface area (Å²) >= 11 is 6.19. The molecule has 0 saturated carbocycles. The SMILES string of the molecule is COc1cc(C(=O)Nc2c(C)cc(C#N)cc2NC(=O)O)n(-c2ncccc2Cl)n1. The summed E-state index contributed by atoms with van der Waals surface area (Å²) in [5, 5.41) is 27.5. The van der Waals surface area contributed by atoms with Crippen molar-refractivity contribution in [2.24, 2.45) is 0 Å². The maximum absolute atomic E-state index is 13.1. The Balaban J connectivity index is 2.06. The number of amides is 2. The van der Waals surface area contributed by atoms with E-state index in [1.54, 1.807) is 19.1 Å². The van der Waals surface area contributed by atoms with Crippen molar-refractivity contribution >= 4 is 35.0 Å². The van der Waals surface area contributed by atoms with E-state index in [1.807, 2.05) is 6.07 Å². The van der Waals surface area contributed by atoms with Gasteiger partial charge in [-0.15, -0.1) is 5.10 Å². The second kappa shape index (κ2) is 8.50. The zero-order valence-corrected chi connectivity index (χ0v) is 16.6. The highest BCUT2D eigenvalue weighted by molar-refractivity contribution is 6.32. The van der Waals surface area contributed by atoms with E-state index in [4.69, 9.17) is 26.7 Å². The molecule has 10 nitrogen and oxygen atoms in total. The van der Waals surface area contributed by atoms with Crippen LogP contribution >= 0.6 is 11.6 Å². The van der Waals surface area contributed by atoms with Gasteiger partial charge in [-0.25, -0.2) is 14.5 Å². The van der Waals surface area contributed by atoms with Crippen molar-refractivity contribution in [3.05, 3.63) is 58.4 Å². The predicted octanol–water partition coefficient (Wildman–Crippen LogP) is 3.45. The highest BCUT2D eigenvalue weighted by atomic mass is 35.5. The molecule has 152 valence electrons. The number of halogens is 1. The molecule has 2 aromatic heterocycles. The summed E-state index contributed by atoms with van der Waals surface area (Å²) in [7, 11) is 1.40. The van der Waals surface area contributed by atoms with Crippen LogP contribution in [0.5, 0.6) is 5.88 Å². The molecule has 0 bridgehead atoms. The Morgan fingerprint density at radius 3 is 2.70 bits per heavy atom. The molecule has 0 fully saturated rings. The van der Waals surface area contributed by atoms with Gasteiger partial charge in [-0.1, -0.05) is 11.6 Å². The van der Waals surface area contributed by atoms with Gasteiger partial charge in [0.15, 0.2) is 5.82 Å². The van der Waals surface area contributed by atoms with Gasteiger partial charge in [-0.2, -0.15) is 5.26 Å². The van der Waals surface area contributed by atoms with Gasteiger partial charge in [-0.05, 0) is 36.8 Å². The molecule has 0 saturated heterocycles. The van der Waals surface area contributed by atoms with Gasteiger partial charge in [0, 0.05) is 12.3 Å². The Hall–Kier alpha value is -4.10. The number of pyridine rings is 1. The van der Waals surface area contributed by atoms with Crippen LogP contribution in [0.25, 0.3) is 5.82 Å². The number of hydrogen-bond donors (Lipinski definition) is 3. The highest BCUT2D eigenvalue weighted by Crippen LogP contribution is 2.29. The van der Waals surface area contributed by atoms with Crippen molar-refractivity contribution in [2.75, 3.05) is 17.7 Å². The first kappa shape index (κ1) is 20.6. The van der Waals surface area contributed by atoms with Crippen LogP contribution in [0.1, 0.15) is 21.6 Å². The van der Waals surface area contributed by atoms with E-state index in [1.165, 1.54) is 36.2 Å². The number of carbonyl (C=O) groups excluding carboxylic acids is 1. The van der Waals surface area contributed by atoms with Gasteiger partial charge in [-0.3, -0.25) is 10.1 Å². The van der Waals surface area contributed by atoms with Crippen LogP contribution in [0.3, 0.4) is 0 Å². The third-order valence-corrected chi connectivity index (χ3v) is 4.31. The van der Waals surface area contributed by atoms with Gasteiger partial charge in [0.25, 0.3) is 5.91 Å². The van der Waals surface area contributed by atoms with Crippen molar-refractivity contribution < 1.29 is 19.4 Å². The third kappa shape index (κ3) is 4.16. The van der Waals surface area contributed by atoms with Gasteiger partial charge < -0.3 is 15.2 Å². The molecule has 2 heterocycles. The summed E-state index contributed by atoms with van der Waals surface area (Å²) in [5.41, 5.74) is 1.03. The zero-order valence-electron chi connectivity index (χ0n) is 15.8. The predicted molar refractivity (Wildman–Crippen MR) is 108 cm³/mol. The maximum atomic E-state index is 13.1. The zero-order chi connectivity index (χ0) is 21.8. The number of aromatic nitrogens is 3. The maximum Gasteiger partial charge on any atom is 0.409 e. The van der Waals surface area contributed by atoms with Gasteiger partial charge in [0.05, 0.1) is 35.1 Å². The average Bonchev–Trinajstić information content (AvgIpc) is 3.14.